The van der Waals surface area contributed by atoms with E-state index < -0.39 is 5.91 Å². The number of ether oxygens (including phenoxy) is 1. The van der Waals surface area contributed by atoms with Crippen LogP contribution in [0.2, 0.25) is 5.02 Å². The Morgan fingerprint density at radius 1 is 1.03 bits per heavy atom. The molecule has 6 nitrogen and oxygen atoms in total. The predicted octanol–water partition coefficient (Wildman–Crippen LogP) is 4.50. The number of anilines is 1. The van der Waals surface area contributed by atoms with Crippen molar-refractivity contribution in [1.82, 2.24) is 5.32 Å². The van der Waals surface area contributed by atoms with Crippen molar-refractivity contribution in [3.8, 4) is 5.75 Å². The molecular weight excluding hydrogens is 392 g/mol. The van der Waals surface area contributed by atoms with Crippen LogP contribution in [0, 0.1) is 13.8 Å². The van der Waals surface area contributed by atoms with Gasteiger partial charge in [0, 0.05) is 10.7 Å². The molecule has 0 saturated heterocycles. The highest BCUT2D eigenvalue weighted by Crippen LogP contribution is 2.20. The summed E-state index contributed by atoms with van der Waals surface area (Å²) in [5.41, 5.74) is 2.62. The fraction of sp³-hybridized carbons (Fsp3) is 0.182. The van der Waals surface area contributed by atoms with E-state index in [4.69, 9.17) is 20.8 Å². The average molecular weight is 413 g/mol. The summed E-state index contributed by atoms with van der Waals surface area (Å²) in [6.45, 7) is 3.86. The molecule has 1 aromatic heterocycles. The monoisotopic (exact) mass is 412 g/mol. The molecule has 0 aliphatic heterocycles. The zero-order valence-corrected chi connectivity index (χ0v) is 16.9. The molecule has 1 heterocycles. The number of amides is 2. The first-order valence-corrected chi connectivity index (χ1v) is 9.41. The number of hydrogen-bond acceptors (Lipinski definition) is 4. The fourth-order valence-electron chi connectivity index (χ4n) is 2.54. The lowest BCUT2D eigenvalue weighted by atomic mass is 10.2. The van der Waals surface area contributed by atoms with Gasteiger partial charge in [0.05, 0.1) is 6.54 Å². The van der Waals surface area contributed by atoms with Crippen LogP contribution < -0.4 is 15.4 Å². The number of carbonyl (C=O) groups excluding carboxylic acids is 2. The summed E-state index contributed by atoms with van der Waals surface area (Å²) in [4.78, 5) is 24.3. The summed E-state index contributed by atoms with van der Waals surface area (Å²) < 4.78 is 11.1. The molecule has 0 unspecified atom stereocenters. The van der Waals surface area contributed by atoms with E-state index in [0.717, 1.165) is 11.1 Å². The normalized spacial score (nSPS) is 10.4. The van der Waals surface area contributed by atoms with Crippen molar-refractivity contribution in [2.75, 3.05) is 11.9 Å². The van der Waals surface area contributed by atoms with Crippen LogP contribution in [0.1, 0.15) is 27.4 Å². The van der Waals surface area contributed by atoms with Gasteiger partial charge in [-0.05, 0) is 55.8 Å². The third kappa shape index (κ3) is 5.86. The maximum absolute atomic E-state index is 12.2. The minimum absolute atomic E-state index is 0.110. The van der Waals surface area contributed by atoms with Crippen molar-refractivity contribution in [3.05, 3.63) is 82.3 Å². The summed E-state index contributed by atoms with van der Waals surface area (Å²) in [5, 5.41) is 5.76. The summed E-state index contributed by atoms with van der Waals surface area (Å²) in [6.07, 6.45) is 0. The Bertz CT molecular complexity index is 1010. The number of rotatable bonds is 7. The van der Waals surface area contributed by atoms with Gasteiger partial charge < -0.3 is 19.8 Å². The molecule has 3 rings (SSSR count). The highest BCUT2D eigenvalue weighted by molar-refractivity contribution is 6.31. The van der Waals surface area contributed by atoms with Gasteiger partial charge in [-0.15, -0.1) is 0 Å². The maximum Gasteiger partial charge on any atom is 0.287 e. The smallest absolute Gasteiger partial charge is 0.287 e. The molecule has 0 aliphatic rings. The molecule has 2 N–H and O–H groups in total. The Morgan fingerprint density at radius 3 is 2.55 bits per heavy atom. The average Bonchev–Trinajstić information content (AvgIpc) is 3.18. The van der Waals surface area contributed by atoms with Crippen LogP contribution in [0.5, 0.6) is 5.75 Å². The molecule has 2 amide bonds. The van der Waals surface area contributed by atoms with Gasteiger partial charge >= 0.3 is 0 Å². The molecule has 3 aromatic rings. The minimum atomic E-state index is -0.482. The van der Waals surface area contributed by atoms with Gasteiger partial charge in [-0.2, -0.15) is 0 Å². The topological polar surface area (TPSA) is 80.6 Å². The van der Waals surface area contributed by atoms with Crippen molar-refractivity contribution >= 4 is 29.1 Å². The summed E-state index contributed by atoms with van der Waals surface area (Å²) in [5.74, 6) is 0.489. The Hall–Kier alpha value is -3.25. The van der Waals surface area contributed by atoms with Gasteiger partial charge in [-0.1, -0.05) is 35.4 Å². The van der Waals surface area contributed by atoms with E-state index >= 15 is 0 Å². The van der Waals surface area contributed by atoms with E-state index in [0.29, 0.717) is 22.2 Å². The van der Waals surface area contributed by atoms with Crippen molar-refractivity contribution < 1.29 is 18.7 Å². The highest BCUT2D eigenvalue weighted by atomic mass is 35.5. The van der Waals surface area contributed by atoms with E-state index in [1.807, 2.05) is 38.1 Å². The molecule has 150 valence electrons. The Kier molecular flexibility index (Phi) is 6.57. The molecule has 29 heavy (non-hydrogen) atoms. The molecule has 0 saturated carbocycles. The summed E-state index contributed by atoms with van der Waals surface area (Å²) in [7, 11) is 0. The van der Waals surface area contributed by atoms with Crippen LogP contribution in [-0.2, 0) is 11.4 Å². The van der Waals surface area contributed by atoms with Crippen molar-refractivity contribution in [3.63, 3.8) is 0 Å². The Labute approximate surface area is 173 Å². The van der Waals surface area contributed by atoms with Gasteiger partial charge in [-0.3, -0.25) is 9.59 Å². The second kappa shape index (κ2) is 9.30. The molecule has 0 radical (unpaired) electrons. The highest BCUT2D eigenvalue weighted by Gasteiger charge is 2.13. The number of aryl methyl sites for hydroxylation is 2. The number of nitrogens with one attached hydrogen (secondary N) is 2. The second-order valence-electron chi connectivity index (χ2n) is 6.56. The molecule has 2 aromatic carbocycles. The van der Waals surface area contributed by atoms with Crippen LogP contribution in [-0.4, -0.2) is 18.4 Å². The number of furan rings is 1. The first kappa shape index (κ1) is 20.5. The zero-order valence-electron chi connectivity index (χ0n) is 16.1. The molecule has 0 atom stereocenters. The van der Waals surface area contributed by atoms with Crippen molar-refractivity contribution in [2.24, 2.45) is 0 Å². The van der Waals surface area contributed by atoms with E-state index in [2.05, 4.69) is 10.6 Å². The van der Waals surface area contributed by atoms with Gasteiger partial charge in [0.25, 0.3) is 5.91 Å². The second-order valence-corrected chi connectivity index (χ2v) is 6.99. The number of carbonyl (C=O) groups is 2. The Balaban J connectivity index is 1.48. The standard InChI is InChI=1S/C22H21ClN2O4/c1-14-3-7-17(8-4-14)28-13-18-9-10-20(29-18)22(27)24-12-21(26)25-19-11-16(23)6-5-15(19)2/h3-11H,12-13H2,1-2H3,(H,24,27)(H,25,26). The van der Waals surface area contributed by atoms with Crippen LogP contribution in [0.15, 0.2) is 59.0 Å². The molecule has 7 heteroatoms. The van der Waals surface area contributed by atoms with Crippen LogP contribution in [0.25, 0.3) is 0 Å². The van der Waals surface area contributed by atoms with Crippen LogP contribution in [0.4, 0.5) is 5.69 Å². The minimum Gasteiger partial charge on any atom is -0.486 e. The van der Waals surface area contributed by atoms with Gasteiger partial charge in [0.15, 0.2) is 5.76 Å². The lowest BCUT2D eigenvalue weighted by molar-refractivity contribution is -0.115. The first-order valence-electron chi connectivity index (χ1n) is 9.03. The van der Waals surface area contributed by atoms with E-state index in [1.165, 1.54) is 0 Å². The fourth-order valence-corrected chi connectivity index (χ4v) is 2.71. The molecular formula is C22H21ClN2O4. The maximum atomic E-state index is 12.2. The van der Waals surface area contributed by atoms with Crippen molar-refractivity contribution in [2.45, 2.75) is 20.5 Å². The number of hydrogen-bond donors (Lipinski definition) is 2. The number of benzene rings is 2. The SMILES string of the molecule is Cc1ccc(OCc2ccc(C(=O)NCC(=O)Nc3cc(Cl)ccc3C)o2)cc1. The quantitative estimate of drug-likeness (QED) is 0.598. The number of halogens is 1. The third-order valence-corrected chi connectivity index (χ3v) is 4.41. The largest absolute Gasteiger partial charge is 0.486 e. The lowest BCUT2D eigenvalue weighted by Crippen LogP contribution is -2.32. The molecule has 0 bridgehead atoms. The summed E-state index contributed by atoms with van der Waals surface area (Å²) >= 11 is 5.94. The van der Waals surface area contributed by atoms with Gasteiger partial charge in [0.1, 0.15) is 18.1 Å². The Morgan fingerprint density at radius 2 is 1.79 bits per heavy atom. The first-order chi connectivity index (χ1) is 13.9. The lowest BCUT2D eigenvalue weighted by Gasteiger charge is -2.09. The van der Waals surface area contributed by atoms with Gasteiger partial charge in [-0.25, -0.2) is 0 Å². The zero-order chi connectivity index (χ0) is 20.8. The van der Waals surface area contributed by atoms with E-state index in [9.17, 15) is 9.59 Å². The van der Waals surface area contributed by atoms with Crippen LogP contribution in [0.3, 0.4) is 0 Å². The third-order valence-electron chi connectivity index (χ3n) is 4.17. The summed E-state index contributed by atoms with van der Waals surface area (Å²) in [6, 6.07) is 16.0. The molecule has 0 spiro atoms. The van der Waals surface area contributed by atoms with Gasteiger partial charge in [0.2, 0.25) is 5.91 Å². The predicted molar refractivity (Wildman–Crippen MR) is 111 cm³/mol. The van der Waals surface area contributed by atoms with E-state index in [1.54, 1.807) is 30.3 Å². The van der Waals surface area contributed by atoms with E-state index in [-0.39, 0.29) is 24.8 Å². The van der Waals surface area contributed by atoms with Crippen LogP contribution >= 0.6 is 11.6 Å². The van der Waals surface area contributed by atoms with Crippen molar-refractivity contribution in [1.29, 1.82) is 0 Å². The molecule has 0 aliphatic carbocycles. The molecule has 0 fully saturated rings.